The molecule has 0 radical (unpaired) electrons. The molecule has 0 aromatic heterocycles. The van der Waals surface area contributed by atoms with Crippen LogP contribution in [0.3, 0.4) is 0 Å². The van der Waals surface area contributed by atoms with Gasteiger partial charge in [0.25, 0.3) is 0 Å². The van der Waals surface area contributed by atoms with Gasteiger partial charge >= 0.3 is 6.18 Å². The summed E-state index contributed by atoms with van der Waals surface area (Å²) in [5.74, 6) is -0.264. The zero-order chi connectivity index (χ0) is 19.2. The third-order valence-corrected chi connectivity index (χ3v) is 3.50. The Morgan fingerprint density at radius 3 is 2.24 bits per heavy atom. The number of likely N-dealkylation sites (N-methyl/N-ethyl adjacent to an activating group) is 1. The molecule has 0 aliphatic heterocycles. The van der Waals surface area contributed by atoms with Gasteiger partial charge in [0.15, 0.2) is 6.61 Å². The van der Waals surface area contributed by atoms with E-state index >= 15 is 0 Å². The molecule has 1 N–H and O–H groups in total. The van der Waals surface area contributed by atoms with Crippen LogP contribution in [0.15, 0.2) is 12.1 Å². The summed E-state index contributed by atoms with van der Waals surface area (Å²) >= 11 is 0. The Kier molecular flexibility index (Phi) is 7.26. The van der Waals surface area contributed by atoms with Crippen LogP contribution in [-0.4, -0.2) is 43.1 Å². The van der Waals surface area contributed by atoms with Gasteiger partial charge in [0.1, 0.15) is 5.75 Å². The molecule has 0 spiro atoms. The summed E-state index contributed by atoms with van der Waals surface area (Å²) in [6.45, 7) is 3.86. The fourth-order valence-corrected chi connectivity index (χ4v) is 2.31. The first-order valence-corrected chi connectivity index (χ1v) is 7.83. The van der Waals surface area contributed by atoms with Crippen LogP contribution >= 0.6 is 0 Å². The van der Waals surface area contributed by atoms with Crippen LogP contribution in [-0.2, 0) is 16.1 Å². The van der Waals surface area contributed by atoms with E-state index in [-0.39, 0.29) is 30.7 Å². The van der Waals surface area contributed by atoms with Crippen molar-refractivity contribution in [3.63, 3.8) is 0 Å². The molecule has 140 valence electrons. The monoisotopic (exact) mass is 360 g/mol. The number of carbonyl (C=O) groups excluding carboxylic acids is 2. The summed E-state index contributed by atoms with van der Waals surface area (Å²) in [7, 11) is 1.60. The lowest BCUT2D eigenvalue weighted by atomic mass is 10.1. The van der Waals surface area contributed by atoms with Crippen molar-refractivity contribution in [2.24, 2.45) is 0 Å². The van der Waals surface area contributed by atoms with E-state index in [2.05, 4.69) is 5.32 Å². The zero-order valence-electron chi connectivity index (χ0n) is 14.8. The molecule has 5 nitrogen and oxygen atoms in total. The molecule has 0 aliphatic carbocycles. The highest BCUT2D eigenvalue weighted by atomic mass is 19.4. The van der Waals surface area contributed by atoms with Gasteiger partial charge in [-0.2, -0.15) is 13.2 Å². The van der Waals surface area contributed by atoms with Gasteiger partial charge in [-0.15, -0.1) is 0 Å². The smallest absolute Gasteiger partial charge is 0.422 e. The number of aryl methyl sites for hydroxylation is 2. The Labute approximate surface area is 145 Å². The molecule has 1 aromatic rings. The first-order valence-electron chi connectivity index (χ1n) is 7.83. The van der Waals surface area contributed by atoms with Gasteiger partial charge in [-0.1, -0.05) is 19.1 Å². The SMILES string of the molecule is CCC(=O)NCC(=O)N(C)Cc1cc(C)c(OCC(F)(F)F)c(C)c1. The first kappa shape index (κ1) is 20.8. The average Bonchev–Trinajstić information content (AvgIpc) is 2.50. The minimum Gasteiger partial charge on any atom is -0.484 e. The van der Waals surface area contributed by atoms with Crippen LogP contribution in [0.5, 0.6) is 5.75 Å². The van der Waals surface area contributed by atoms with Gasteiger partial charge in [0, 0.05) is 20.0 Å². The number of nitrogens with zero attached hydrogens (tertiary/aromatic N) is 1. The van der Waals surface area contributed by atoms with Crippen molar-refractivity contribution in [3.05, 3.63) is 28.8 Å². The fraction of sp³-hybridized carbons (Fsp3) is 0.529. The van der Waals surface area contributed by atoms with Crippen LogP contribution in [0.2, 0.25) is 0 Å². The van der Waals surface area contributed by atoms with E-state index in [4.69, 9.17) is 4.74 Å². The number of amides is 2. The lowest BCUT2D eigenvalue weighted by molar-refractivity contribution is -0.153. The molecule has 25 heavy (non-hydrogen) atoms. The van der Waals surface area contributed by atoms with E-state index in [0.29, 0.717) is 17.5 Å². The molecule has 1 aromatic carbocycles. The fourth-order valence-electron chi connectivity index (χ4n) is 2.31. The van der Waals surface area contributed by atoms with Crippen LogP contribution in [0.1, 0.15) is 30.0 Å². The van der Waals surface area contributed by atoms with Crippen LogP contribution < -0.4 is 10.1 Å². The molecular formula is C17H23F3N2O3. The van der Waals surface area contributed by atoms with Crippen LogP contribution in [0, 0.1) is 13.8 Å². The number of halogens is 3. The summed E-state index contributed by atoms with van der Waals surface area (Å²) in [5.41, 5.74) is 1.91. The summed E-state index contributed by atoms with van der Waals surface area (Å²) in [6, 6.07) is 3.38. The molecule has 2 amide bonds. The second-order valence-electron chi connectivity index (χ2n) is 5.84. The topological polar surface area (TPSA) is 58.6 Å². The van der Waals surface area contributed by atoms with Crippen molar-refractivity contribution in [1.29, 1.82) is 0 Å². The van der Waals surface area contributed by atoms with E-state index in [9.17, 15) is 22.8 Å². The highest BCUT2D eigenvalue weighted by Crippen LogP contribution is 2.27. The van der Waals surface area contributed by atoms with E-state index in [1.807, 2.05) is 0 Å². The number of nitrogens with one attached hydrogen (secondary N) is 1. The molecule has 0 unspecified atom stereocenters. The Hall–Kier alpha value is -2.25. The highest BCUT2D eigenvalue weighted by Gasteiger charge is 2.29. The number of carbonyl (C=O) groups is 2. The maximum Gasteiger partial charge on any atom is 0.422 e. The van der Waals surface area contributed by atoms with Crippen LogP contribution in [0.4, 0.5) is 13.2 Å². The average molecular weight is 360 g/mol. The van der Waals surface area contributed by atoms with Gasteiger partial charge in [0.2, 0.25) is 11.8 Å². The predicted octanol–water partition coefficient (Wildman–Crippen LogP) is 2.73. The van der Waals surface area contributed by atoms with Gasteiger partial charge in [-0.3, -0.25) is 9.59 Å². The van der Waals surface area contributed by atoms with Gasteiger partial charge in [-0.05, 0) is 30.5 Å². The first-order chi connectivity index (χ1) is 11.5. The zero-order valence-corrected chi connectivity index (χ0v) is 14.8. The van der Waals surface area contributed by atoms with E-state index in [1.54, 1.807) is 40.0 Å². The third kappa shape index (κ3) is 7.03. The van der Waals surface area contributed by atoms with E-state index < -0.39 is 12.8 Å². The second kappa shape index (κ2) is 8.73. The van der Waals surface area contributed by atoms with Crippen LogP contribution in [0.25, 0.3) is 0 Å². The quantitative estimate of drug-likeness (QED) is 0.813. The molecule has 0 heterocycles. The standard InChI is InChI=1S/C17H23F3N2O3/c1-5-14(23)21-8-15(24)22(4)9-13-6-11(2)16(12(3)7-13)25-10-17(18,19)20/h6-7H,5,8-10H2,1-4H3,(H,21,23). The summed E-state index contributed by atoms with van der Waals surface area (Å²) in [5, 5.41) is 2.50. The number of alkyl halides is 3. The Morgan fingerprint density at radius 1 is 1.20 bits per heavy atom. The molecule has 0 aliphatic rings. The van der Waals surface area contributed by atoms with Gasteiger partial charge in [0.05, 0.1) is 6.54 Å². The number of benzene rings is 1. The van der Waals surface area contributed by atoms with E-state index in [1.165, 1.54) is 4.90 Å². The molecule has 1 rings (SSSR count). The number of hydrogen-bond donors (Lipinski definition) is 1. The number of ether oxygens (including phenoxy) is 1. The Bertz CT molecular complexity index is 607. The van der Waals surface area contributed by atoms with Crippen molar-refractivity contribution in [2.75, 3.05) is 20.2 Å². The molecule has 8 heteroatoms. The normalized spacial score (nSPS) is 11.2. The molecule has 0 fully saturated rings. The minimum atomic E-state index is -4.40. The van der Waals surface area contributed by atoms with E-state index in [0.717, 1.165) is 5.56 Å². The minimum absolute atomic E-state index is 0.0894. The maximum atomic E-state index is 12.3. The summed E-state index contributed by atoms with van der Waals surface area (Å²) in [6.07, 6.45) is -4.10. The molecule has 0 saturated heterocycles. The third-order valence-electron chi connectivity index (χ3n) is 3.50. The number of rotatable bonds is 7. The van der Waals surface area contributed by atoms with Crippen molar-refractivity contribution in [2.45, 2.75) is 39.9 Å². The highest BCUT2D eigenvalue weighted by molar-refractivity contribution is 5.84. The predicted molar refractivity (Wildman–Crippen MR) is 87.2 cm³/mol. The van der Waals surface area contributed by atoms with Crippen molar-refractivity contribution in [1.82, 2.24) is 10.2 Å². The summed E-state index contributed by atoms with van der Waals surface area (Å²) < 4.78 is 41.8. The van der Waals surface area contributed by atoms with Gasteiger partial charge < -0.3 is 15.0 Å². The van der Waals surface area contributed by atoms with Crippen molar-refractivity contribution < 1.29 is 27.5 Å². The maximum absolute atomic E-state index is 12.3. The summed E-state index contributed by atoms with van der Waals surface area (Å²) in [4.78, 5) is 24.6. The Balaban J connectivity index is 2.73. The van der Waals surface area contributed by atoms with Crippen molar-refractivity contribution in [3.8, 4) is 5.75 Å². The lowest BCUT2D eigenvalue weighted by Gasteiger charge is -2.20. The lowest BCUT2D eigenvalue weighted by Crippen LogP contribution is -2.37. The molecule has 0 atom stereocenters. The molecule has 0 bridgehead atoms. The second-order valence-corrected chi connectivity index (χ2v) is 5.84. The van der Waals surface area contributed by atoms with Gasteiger partial charge in [-0.25, -0.2) is 0 Å². The molecular weight excluding hydrogens is 337 g/mol. The Morgan fingerprint density at radius 2 is 1.76 bits per heavy atom. The molecule has 0 saturated carbocycles. The number of hydrogen-bond acceptors (Lipinski definition) is 3. The largest absolute Gasteiger partial charge is 0.484 e. The van der Waals surface area contributed by atoms with Crippen molar-refractivity contribution >= 4 is 11.8 Å².